The van der Waals surface area contributed by atoms with Gasteiger partial charge in [-0.2, -0.15) is 10.2 Å². The number of nitrogens with zero attached hydrogens (tertiary/aromatic N) is 5. The number of pyridine rings is 1. The average Bonchev–Trinajstić information content (AvgIpc) is 3.50. The van der Waals surface area contributed by atoms with Crippen molar-refractivity contribution < 1.29 is 19.1 Å². The molecule has 0 spiro atoms. The number of piperidine rings is 1. The number of aromatic amines is 1. The lowest BCUT2D eigenvalue weighted by Gasteiger charge is -2.37. The molecule has 1 fully saturated rings. The van der Waals surface area contributed by atoms with Crippen LogP contribution in [0.25, 0.3) is 5.82 Å². The number of nitrogens with two attached hydrogens (primary N) is 1. The maximum absolute atomic E-state index is 13.1. The Bertz CT molecular complexity index is 1170. The zero-order chi connectivity index (χ0) is 23.5. The van der Waals surface area contributed by atoms with Crippen LogP contribution in [0.1, 0.15) is 41.9 Å². The van der Waals surface area contributed by atoms with Crippen LogP contribution in [-0.2, 0) is 9.59 Å². The van der Waals surface area contributed by atoms with E-state index in [-0.39, 0.29) is 29.1 Å². The van der Waals surface area contributed by atoms with E-state index in [0.29, 0.717) is 24.5 Å². The normalized spacial score (nSPS) is 18.1. The Labute approximate surface area is 189 Å². The molecule has 0 radical (unpaired) electrons. The van der Waals surface area contributed by atoms with Crippen molar-refractivity contribution in [3.63, 3.8) is 0 Å². The molecule has 1 aliphatic heterocycles. The van der Waals surface area contributed by atoms with Gasteiger partial charge in [0.25, 0.3) is 5.91 Å². The van der Waals surface area contributed by atoms with Gasteiger partial charge in [0, 0.05) is 18.8 Å². The number of rotatable bonds is 5. The number of carbonyl (C=O) groups is 3. The number of aromatic nitrogens is 5. The average molecular weight is 452 g/mol. The molecule has 4 rings (SSSR count). The highest BCUT2D eigenvalue weighted by Crippen LogP contribution is 2.33. The highest BCUT2D eigenvalue weighted by molar-refractivity contribution is 6.39. The molecule has 12 heteroatoms. The van der Waals surface area contributed by atoms with Gasteiger partial charge in [-0.1, -0.05) is 6.92 Å². The first kappa shape index (κ1) is 22.0. The Morgan fingerprint density at radius 1 is 1.27 bits per heavy atom. The topological polar surface area (TPSA) is 161 Å². The van der Waals surface area contributed by atoms with Crippen molar-refractivity contribution in [3.05, 3.63) is 48.0 Å². The third-order valence-electron chi connectivity index (χ3n) is 5.52. The van der Waals surface area contributed by atoms with Gasteiger partial charge in [-0.25, -0.2) is 9.67 Å². The van der Waals surface area contributed by atoms with E-state index in [1.807, 2.05) is 13.0 Å². The molecule has 12 nitrogen and oxygen atoms in total. The van der Waals surface area contributed by atoms with E-state index in [4.69, 9.17) is 10.5 Å². The molecule has 1 saturated heterocycles. The minimum absolute atomic E-state index is 0.00318. The molecular weight excluding hydrogens is 428 g/mol. The maximum atomic E-state index is 13.1. The van der Waals surface area contributed by atoms with E-state index in [2.05, 4.69) is 25.6 Å². The highest BCUT2D eigenvalue weighted by atomic mass is 16.5. The molecule has 33 heavy (non-hydrogen) atoms. The van der Waals surface area contributed by atoms with Crippen LogP contribution in [-0.4, -0.2) is 61.2 Å². The van der Waals surface area contributed by atoms with Gasteiger partial charge in [-0.15, -0.1) is 0 Å². The summed E-state index contributed by atoms with van der Waals surface area (Å²) in [6, 6.07) is 4.58. The second-order valence-corrected chi connectivity index (χ2v) is 7.88. The summed E-state index contributed by atoms with van der Waals surface area (Å²) in [4.78, 5) is 43.1. The highest BCUT2D eigenvalue weighted by Gasteiger charge is 2.35. The maximum Gasteiger partial charge on any atom is 0.313 e. The molecule has 3 amide bonds. The number of amides is 3. The number of H-pyrrole nitrogens is 1. The van der Waals surface area contributed by atoms with Crippen molar-refractivity contribution in [2.75, 3.05) is 19.0 Å². The summed E-state index contributed by atoms with van der Waals surface area (Å²) in [5.41, 5.74) is 6.18. The number of carbonyl (C=O) groups excluding carboxylic acids is 3. The van der Waals surface area contributed by atoms with Gasteiger partial charge in [0.2, 0.25) is 5.88 Å². The van der Waals surface area contributed by atoms with E-state index in [9.17, 15) is 14.4 Å². The summed E-state index contributed by atoms with van der Waals surface area (Å²) in [6.45, 7) is 2.45. The van der Waals surface area contributed by atoms with Crippen molar-refractivity contribution >= 4 is 23.4 Å². The number of hydrogen-bond acceptors (Lipinski definition) is 7. The Hall–Kier alpha value is -4.22. The van der Waals surface area contributed by atoms with Crippen molar-refractivity contribution in [2.24, 2.45) is 11.7 Å². The van der Waals surface area contributed by atoms with E-state index in [0.717, 1.165) is 6.42 Å². The van der Waals surface area contributed by atoms with Crippen LogP contribution in [0.2, 0.25) is 0 Å². The number of hydrogen-bond donors (Lipinski definition) is 3. The van der Waals surface area contributed by atoms with E-state index >= 15 is 0 Å². The van der Waals surface area contributed by atoms with Crippen LogP contribution in [0.4, 0.5) is 5.69 Å². The molecule has 0 aliphatic carbocycles. The van der Waals surface area contributed by atoms with Gasteiger partial charge >= 0.3 is 11.8 Å². The van der Waals surface area contributed by atoms with Gasteiger partial charge in [0.1, 0.15) is 11.4 Å². The Morgan fingerprint density at radius 2 is 2.09 bits per heavy atom. The fourth-order valence-electron chi connectivity index (χ4n) is 3.89. The predicted molar refractivity (Wildman–Crippen MR) is 116 cm³/mol. The summed E-state index contributed by atoms with van der Waals surface area (Å²) >= 11 is 0. The SMILES string of the molecule is COc1ncc(NC(=O)C(=O)N2CC(C)CCC2c2ccn(-c3ccn[nH]3)n2)cc1C(N)=O. The van der Waals surface area contributed by atoms with Crippen molar-refractivity contribution in [1.29, 1.82) is 0 Å². The number of ether oxygens (including phenoxy) is 1. The van der Waals surface area contributed by atoms with Gasteiger partial charge in [0.15, 0.2) is 0 Å². The third kappa shape index (κ3) is 4.54. The first-order chi connectivity index (χ1) is 15.9. The minimum atomic E-state index is -0.843. The van der Waals surface area contributed by atoms with Crippen LogP contribution < -0.4 is 15.8 Å². The molecular formula is C21H24N8O4. The van der Waals surface area contributed by atoms with E-state index in [1.54, 1.807) is 23.1 Å². The number of methoxy groups -OCH3 is 1. The summed E-state index contributed by atoms with van der Waals surface area (Å²) in [7, 11) is 1.35. The van der Waals surface area contributed by atoms with Crippen LogP contribution in [0.15, 0.2) is 36.8 Å². The first-order valence-electron chi connectivity index (χ1n) is 10.4. The fraction of sp³-hybridized carbons (Fsp3) is 0.333. The van der Waals surface area contributed by atoms with Crippen LogP contribution in [0.3, 0.4) is 0 Å². The summed E-state index contributed by atoms with van der Waals surface area (Å²) in [6.07, 6.45) is 6.26. The number of primary amides is 1. The van der Waals surface area contributed by atoms with Crippen molar-refractivity contribution in [1.82, 2.24) is 29.9 Å². The Kier molecular flexibility index (Phi) is 6.07. The Morgan fingerprint density at radius 3 is 2.79 bits per heavy atom. The lowest BCUT2D eigenvalue weighted by molar-refractivity contribution is -0.146. The van der Waals surface area contributed by atoms with Crippen LogP contribution in [0.5, 0.6) is 5.88 Å². The predicted octanol–water partition coefficient (Wildman–Crippen LogP) is 1.04. The smallest absolute Gasteiger partial charge is 0.313 e. The largest absolute Gasteiger partial charge is 0.480 e. The zero-order valence-corrected chi connectivity index (χ0v) is 18.2. The second kappa shape index (κ2) is 9.10. The van der Waals surface area contributed by atoms with E-state index < -0.39 is 17.7 Å². The molecule has 3 aromatic rings. The number of anilines is 1. The first-order valence-corrected chi connectivity index (χ1v) is 10.4. The second-order valence-electron chi connectivity index (χ2n) is 7.88. The monoisotopic (exact) mass is 452 g/mol. The standard InChI is InChI=1S/C21H24N8O4/c1-12-3-4-16(15-6-8-29(27-15)17-5-7-24-26-17)28(11-12)21(32)19(31)25-13-9-14(18(22)30)20(33-2)23-10-13/h5-10,12,16H,3-4,11H2,1-2H3,(H2,22,30)(H,24,26)(H,25,31). The molecule has 0 saturated carbocycles. The molecule has 2 atom stereocenters. The third-order valence-corrected chi connectivity index (χ3v) is 5.52. The van der Waals surface area contributed by atoms with Crippen molar-refractivity contribution in [3.8, 4) is 11.7 Å². The summed E-state index contributed by atoms with van der Waals surface area (Å²) in [5, 5.41) is 13.8. The fourth-order valence-corrected chi connectivity index (χ4v) is 3.89. The lowest BCUT2D eigenvalue weighted by Crippen LogP contribution is -2.46. The van der Waals surface area contributed by atoms with Gasteiger partial charge in [0.05, 0.1) is 36.9 Å². The van der Waals surface area contributed by atoms with Crippen LogP contribution >= 0.6 is 0 Å². The van der Waals surface area contributed by atoms with Gasteiger partial charge in [-0.3, -0.25) is 19.5 Å². The zero-order valence-electron chi connectivity index (χ0n) is 18.2. The minimum Gasteiger partial charge on any atom is -0.480 e. The molecule has 0 bridgehead atoms. The quantitative estimate of drug-likeness (QED) is 0.487. The Balaban J connectivity index is 1.54. The van der Waals surface area contributed by atoms with Gasteiger partial charge in [-0.05, 0) is 30.9 Å². The molecule has 0 aromatic carbocycles. The molecule has 172 valence electrons. The number of nitrogens with one attached hydrogen (secondary N) is 2. The molecule has 3 aromatic heterocycles. The lowest BCUT2D eigenvalue weighted by atomic mass is 9.92. The summed E-state index contributed by atoms with van der Waals surface area (Å²) in [5.74, 6) is -1.34. The molecule has 2 unspecified atom stereocenters. The summed E-state index contributed by atoms with van der Waals surface area (Å²) < 4.78 is 6.63. The van der Waals surface area contributed by atoms with Gasteiger partial charge < -0.3 is 20.7 Å². The molecule has 4 heterocycles. The molecule has 1 aliphatic rings. The number of likely N-dealkylation sites (tertiary alicyclic amines) is 1. The van der Waals surface area contributed by atoms with Crippen molar-refractivity contribution in [2.45, 2.75) is 25.8 Å². The van der Waals surface area contributed by atoms with Crippen LogP contribution in [0, 0.1) is 5.92 Å². The van der Waals surface area contributed by atoms with E-state index in [1.165, 1.54) is 24.3 Å². The molecule has 4 N–H and O–H groups in total.